The van der Waals surface area contributed by atoms with Crippen LogP contribution in [0, 0.1) is 29.6 Å². The molecule has 99 heavy (non-hydrogen) atoms. The number of aliphatic hydroxyl groups is 1. The fourth-order valence-corrected chi connectivity index (χ4v) is 12.6. The first-order valence-electron chi connectivity index (χ1n) is 34.1. The smallest absolute Gasteiger partial charge is 0.407 e. The molecular formula is C70H110N12O17. The average Bonchev–Trinajstić information content (AvgIpc) is 1.74. The largest absolute Gasteiger partial charge is 0.493 e. The van der Waals surface area contributed by atoms with Gasteiger partial charge >= 0.3 is 12.1 Å². The molecule has 1 saturated heterocycles. The Hall–Kier alpha value is -8.41. The summed E-state index contributed by atoms with van der Waals surface area (Å²) in [6.45, 7) is 16.3. The van der Waals surface area contributed by atoms with Gasteiger partial charge in [-0.1, -0.05) is 87.3 Å². The molecule has 2 heterocycles. The number of Topliss-reactive ketones (excluding diaryl/α,β-unsaturated/α-hetero) is 1. The van der Waals surface area contributed by atoms with Crippen molar-refractivity contribution in [1.82, 2.24) is 51.5 Å². The molecule has 4 rings (SSSR count). The minimum atomic E-state index is -1.13. The lowest BCUT2D eigenvalue weighted by Crippen LogP contribution is -2.59. The molecule has 0 bridgehead atoms. The number of amides is 11. The van der Waals surface area contributed by atoms with E-state index in [1.165, 1.54) is 56.5 Å². The molecule has 0 radical (unpaired) electrons. The van der Waals surface area contributed by atoms with Crippen molar-refractivity contribution >= 4 is 70.9 Å². The normalized spacial score (nSPS) is 17.9. The number of primary amides is 1. The minimum Gasteiger partial charge on any atom is -0.493 e. The van der Waals surface area contributed by atoms with E-state index in [2.05, 4.69) is 37.2 Å². The number of ether oxygens (including phenoxy) is 5. The van der Waals surface area contributed by atoms with Gasteiger partial charge in [0.2, 0.25) is 47.3 Å². The second-order valence-electron chi connectivity index (χ2n) is 26.7. The lowest BCUT2D eigenvalue weighted by atomic mass is 9.89. The molecule has 29 heteroatoms. The highest BCUT2D eigenvalue weighted by atomic mass is 16.5. The predicted octanol–water partition coefficient (Wildman–Crippen LogP) is 3.84. The van der Waals surface area contributed by atoms with Crippen LogP contribution in [-0.2, 0) is 59.2 Å². The molecule has 0 spiro atoms. The second-order valence-corrected chi connectivity index (χ2v) is 26.7. The number of nitrogens with zero attached hydrogens (tertiary/aromatic N) is 4. The molecular weight excluding hydrogens is 1280 g/mol. The van der Waals surface area contributed by atoms with Gasteiger partial charge in [0, 0.05) is 64.6 Å². The molecule has 2 aliphatic heterocycles. The van der Waals surface area contributed by atoms with Crippen LogP contribution < -0.4 is 52.4 Å². The summed E-state index contributed by atoms with van der Waals surface area (Å²) in [5.74, 6) is -5.11. The third-order valence-electron chi connectivity index (χ3n) is 18.2. The van der Waals surface area contributed by atoms with Crippen LogP contribution in [0.4, 0.5) is 15.3 Å². The van der Waals surface area contributed by atoms with E-state index < -0.39 is 108 Å². The summed E-state index contributed by atoms with van der Waals surface area (Å²) in [6, 6.07) is 4.43. The van der Waals surface area contributed by atoms with Crippen LogP contribution in [0.3, 0.4) is 0 Å². The van der Waals surface area contributed by atoms with E-state index in [4.69, 9.17) is 29.4 Å². The number of rotatable bonds is 41. The number of ketones is 1. The van der Waals surface area contributed by atoms with Gasteiger partial charge in [-0.2, -0.15) is 0 Å². The zero-order chi connectivity index (χ0) is 74.0. The topological polar surface area (TPSA) is 377 Å². The number of nitrogens with two attached hydrogens (primary N) is 1. The third kappa shape index (κ3) is 24.8. The Morgan fingerprint density at radius 2 is 1.40 bits per heavy atom. The maximum Gasteiger partial charge on any atom is 0.407 e. The van der Waals surface area contributed by atoms with Crippen molar-refractivity contribution in [1.29, 1.82) is 0 Å². The molecule has 2 aromatic rings. The highest BCUT2D eigenvalue weighted by Gasteiger charge is 2.46. The van der Waals surface area contributed by atoms with Gasteiger partial charge in [0.05, 0.1) is 69.5 Å². The van der Waals surface area contributed by atoms with E-state index in [1.807, 2.05) is 60.5 Å². The SMILES string of the molecule is CC[C@H](C)C([C@@H](CC(=O)N1C[C@@H](NC(=O)OCc2ccc(NC(=O)C(CCCNC(N)=O)NC(=O)[C@@H](NC(=O)CCCCCN3C(=O)C=CC3O)C(C)C)cc2)C[C@H]1[C@H](OC)[C@@H](C)C(=O)NCC(=O)c1ccc(OC)c(OC)c1)OC)N(C)C(=O)[C@@H](NC(=O)[C@H](C(C)C)N(C)C)C(C)C. The summed E-state index contributed by atoms with van der Waals surface area (Å²) < 4.78 is 28.6. The Morgan fingerprint density at radius 1 is 0.737 bits per heavy atom. The summed E-state index contributed by atoms with van der Waals surface area (Å²) in [6.07, 6.45) is 1.48. The Morgan fingerprint density at radius 3 is 1.97 bits per heavy atom. The minimum absolute atomic E-state index is 0.0541. The summed E-state index contributed by atoms with van der Waals surface area (Å²) >= 11 is 0. The van der Waals surface area contributed by atoms with Crippen molar-refractivity contribution in [3.63, 3.8) is 0 Å². The number of alkyl carbamates (subject to hydrolysis) is 1. The average molecular weight is 1390 g/mol. The van der Waals surface area contributed by atoms with Gasteiger partial charge in [-0.3, -0.25) is 48.1 Å². The van der Waals surface area contributed by atoms with Crippen molar-refractivity contribution in [3.05, 3.63) is 65.7 Å². The van der Waals surface area contributed by atoms with Crippen molar-refractivity contribution in [2.24, 2.45) is 35.3 Å². The monoisotopic (exact) mass is 1390 g/mol. The number of aliphatic hydroxyl groups excluding tert-OH is 1. The van der Waals surface area contributed by atoms with E-state index in [1.54, 1.807) is 69.1 Å². The molecule has 2 aromatic carbocycles. The molecule has 0 aliphatic carbocycles. The standard InChI is InChI=1S/C70H110N12O17/c1-17-43(8)62(80(12)68(92)60(41(4)5)78-67(91)61(42(6)7)79(10)11)54(97-15)36-58(87)82-38-48(35-50(82)63(98-16)44(9)64(88)73-37-51(83)46-26-29-52(95-13)53(34-46)96-14)75-70(94)99-39-45-24-27-47(28-25-45)74-65(89)49(22-21-32-72-69(71)93)76-66(90)59(40(2)3)77-55(84)23-19-18-20-33-81-56(85)30-31-57(81)86/h24-31,34,40-44,48-50,54,56,59-63,85H,17-23,32-33,35-39H2,1-16H3,(H,73,88)(H,74,89)(H,75,94)(H,76,90)(H,77,84)(H,78,91)(H3,71,72,93)/t43-,44+,48-,49?,50-,54+,56?,59-,60-,61-,62?,63+/m0/s1. The molecule has 0 saturated carbocycles. The van der Waals surface area contributed by atoms with Crippen LogP contribution in [0.1, 0.15) is 136 Å². The van der Waals surface area contributed by atoms with Crippen molar-refractivity contribution in [2.45, 2.75) is 187 Å². The van der Waals surface area contributed by atoms with Crippen molar-refractivity contribution < 1.29 is 81.5 Å². The Kier molecular flexibility index (Phi) is 34.0. The first-order chi connectivity index (χ1) is 46.8. The molecule has 1 fully saturated rings. The third-order valence-corrected chi connectivity index (χ3v) is 18.2. The van der Waals surface area contributed by atoms with Crippen LogP contribution in [0.5, 0.6) is 11.5 Å². The van der Waals surface area contributed by atoms with Gasteiger partial charge in [0.25, 0.3) is 0 Å². The predicted molar refractivity (Wildman–Crippen MR) is 371 cm³/mol. The number of nitrogens with one attached hydrogen (secondary N) is 7. The number of unbranched alkanes of at least 4 members (excludes halogenated alkanes) is 2. The maximum atomic E-state index is 15.1. The fraction of sp³-hybridized carbons (Fsp3) is 0.643. The van der Waals surface area contributed by atoms with Crippen LogP contribution in [-0.4, -0.2) is 226 Å². The number of likely N-dealkylation sites (N-methyl/N-ethyl adjacent to an activating group) is 2. The maximum absolute atomic E-state index is 15.1. The summed E-state index contributed by atoms with van der Waals surface area (Å²) in [5.41, 5.74) is 6.37. The first-order valence-corrected chi connectivity index (χ1v) is 34.1. The number of anilines is 1. The highest BCUT2D eigenvalue weighted by Crippen LogP contribution is 2.32. The zero-order valence-electron chi connectivity index (χ0n) is 60.6. The summed E-state index contributed by atoms with van der Waals surface area (Å²) in [5, 5.41) is 29.4. The van der Waals surface area contributed by atoms with Crippen LogP contribution in [0.2, 0.25) is 0 Å². The highest BCUT2D eigenvalue weighted by molar-refractivity contribution is 6.00. The second kappa shape index (κ2) is 40.6. The van der Waals surface area contributed by atoms with Crippen LogP contribution in [0.25, 0.3) is 0 Å². The van der Waals surface area contributed by atoms with E-state index in [-0.39, 0.29) is 111 Å². The Labute approximate surface area is 582 Å². The van der Waals surface area contributed by atoms with Gasteiger partial charge in [-0.05, 0) is 112 Å². The fourth-order valence-electron chi connectivity index (χ4n) is 12.6. The molecule has 0 aromatic heterocycles. The van der Waals surface area contributed by atoms with Gasteiger partial charge in [0.1, 0.15) is 31.0 Å². The first kappa shape index (κ1) is 83.0. The number of urea groups is 1. The van der Waals surface area contributed by atoms with E-state index in [0.29, 0.717) is 55.0 Å². The number of benzene rings is 2. The van der Waals surface area contributed by atoms with Crippen molar-refractivity contribution in [3.8, 4) is 11.5 Å². The summed E-state index contributed by atoms with van der Waals surface area (Å²) in [4.78, 5) is 155. The Balaban J connectivity index is 1.51. The lowest BCUT2D eigenvalue weighted by Gasteiger charge is -2.41. The van der Waals surface area contributed by atoms with Crippen LogP contribution in [0.15, 0.2) is 54.6 Å². The van der Waals surface area contributed by atoms with E-state index in [9.17, 15) is 53.1 Å². The quantitative estimate of drug-likeness (QED) is 0.0337. The molecule has 10 N–H and O–H groups in total. The molecule has 552 valence electrons. The number of methoxy groups -OCH3 is 4. The van der Waals surface area contributed by atoms with Gasteiger partial charge in [-0.15, -0.1) is 0 Å². The molecule has 12 atom stereocenters. The number of carbonyl (C=O) groups is 11. The number of hydrogen-bond donors (Lipinski definition) is 9. The van der Waals surface area contributed by atoms with E-state index >= 15 is 4.79 Å². The van der Waals surface area contributed by atoms with Crippen molar-refractivity contribution in [2.75, 3.05) is 81.1 Å². The Bertz CT molecular complexity index is 3070. The van der Waals surface area contributed by atoms with Gasteiger partial charge < -0.3 is 86.4 Å². The zero-order valence-corrected chi connectivity index (χ0v) is 60.6. The number of hydrogen-bond acceptors (Lipinski definition) is 18. The summed E-state index contributed by atoms with van der Waals surface area (Å²) in [7, 11) is 11.0. The van der Waals surface area contributed by atoms with E-state index in [0.717, 1.165) is 0 Å². The number of carbonyl (C=O) groups excluding carboxylic acids is 11. The van der Waals surface area contributed by atoms with Gasteiger partial charge in [0.15, 0.2) is 17.3 Å². The molecule has 2 aliphatic rings. The lowest BCUT2D eigenvalue weighted by molar-refractivity contribution is -0.148. The molecule has 11 amide bonds. The molecule has 3 unspecified atom stereocenters. The number of likely N-dealkylation sites (tertiary alicyclic amines) is 1. The van der Waals surface area contributed by atoms with Crippen LogP contribution >= 0.6 is 0 Å². The molecule has 29 nitrogen and oxygen atoms in total. The van der Waals surface area contributed by atoms with Gasteiger partial charge in [-0.25, -0.2) is 9.59 Å².